The molecule has 1 fully saturated rings. The van der Waals surface area contributed by atoms with Crippen LogP contribution in [0.1, 0.15) is 54.8 Å². The predicted octanol–water partition coefficient (Wildman–Crippen LogP) is 4.33. The third-order valence-corrected chi connectivity index (χ3v) is 6.81. The average Bonchev–Trinajstić information content (AvgIpc) is 3.29. The summed E-state index contributed by atoms with van der Waals surface area (Å²) in [5.74, 6) is 0.545. The molecule has 30 heavy (non-hydrogen) atoms. The number of aromatic nitrogens is 2. The summed E-state index contributed by atoms with van der Waals surface area (Å²) in [7, 11) is 0. The normalized spacial score (nSPS) is 18.2. The monoisotopic (exact) mass is 413 g/mol. The van der Waals surface area contributed by atoms with Crippen molar-refractivity contribution in [2.45, 2.75) is 57.4 Å². The first kappa shape index (κ1) is 19.4. The molecule has 1 aliphatic carbocycles. The summed E-state index contributed by atoms with van der Waals surface area (Å²) in [6, 6.07) is 4.62. The van der Waals surface area contributed by atoms with Crippen molar-refractivity contribution in [3.05, 3.63) is 40.8 Å². The molecule has 160 valence electrons. The van der Waals surface area contributed by atoms with Gasteiger partial charge in [0.1, 0.15) is 5.82 Å². The van der Waals surface area contributed by atoms with Crippen LogP contribution in [-0.2, 0) is 19.4 Å². The fourth-order valence-corrected chi connectivity index (χ4v) is 5.14. The molecular weight excluding hydrogens is 385 g/mol. The van der Waals surface area contributed by atoms with E-state index in [0.717, 1.165) is 86.8 Å². The first-order valence-electron chi connectivity index (χ1n) is 11.0. The van der Waals surface area contributed by atoms with Crippen molar-refractivity contribution in [2.75, 3.05) is 19.6 Å². The molecule has 1 aliphatic heterocycles. The first-order chi connectivity index (χ1) is 14.6. The van der Waals surface area contributed by atoms with E-state index in [1.54, 1.807) is 10.6 Å². The number of rotatable bonds is 5. The Bertz CT molecular complexity index is 1020. The molecule has 0 spiro atoms. The molecule has 0 bridgehead atoms. The zero-order valence-electron chi connectivity index (χ0n) is 17.1. The van der Waals surface area contributed by atoms with Crippen LogP contribution in [-0.4, -0.2) is 44.5 Å². The number of piperidine rings is 1. The highest BCUT2D eigenvalue weighted by molar-refractivity contribution is 5.79. The SMILES string of the molecule is Oc1c2c(c(O)n1CCCN1CCC(c3noc4cc(F)ccc34)CC1)CCCC2. The molecule has 2 N–H and O–H groups in total. The molecule has 0 unspecified atom stereocenters. The molecule has 7 heteroatoms. The van der Waals surface area contributed by atoms with E-state index in [4.69, 9.17) is 4.52 Å². The Balaban J connectivity index is 1.16. The van der Waals surface area contributed by atoms with Crippen molar-refractivity contribution >= 4 is 11.0 Å². The Morgan fingerprint density at radius 1 is 1.03 bits per heavy atom. The number of nitrogens with zero attached hydrogens (tertiary/aromatic N) is 3. The van der Waals surface area contributed by atoms with Gasteiger partial charge in [-0.15, -0.1) is 0 Å². The number of aromatic hydroxyl groups is 2. The van der Waals surface area contributed by atoms with Crippen molar-refractivity contribution in [2.24, 2.45) is 0 Å². The number of likely N-dealkylation sites (tertiary alicyclic amines) is 1. The Morgan fingerprint density at radius 2 is 1.73 bits per heavy atom. The molecule has 2 aromatic heterocycles. The van der Waals surface area contributed by atoms with Crippen LogP contribution in [0, 0.1) is 5.82 Å². The maximum absolute atomic E-state index is 13.4. The van der Waals surface area contributed by atoms with Crippen LogP contribution >= 0.6 is 0 Å². The zero-order valence-corrected chi connectivity index (χ0v) is 17.1. The molecule has 5 rings (SSSR count). The number of hydrogen-bond donors (Lipinski definition) is 2. The molecular formula is C23H28FN3O3. The van der Waals surface area contributed by atoms with Crippen molar-refractivity contribution in [1.29, 1.82) is 0 Å². The van der Waals surface area contributed by atoms with Gasteiger partial charge in [-0.05, 0) is 76.7 Å². The molecule has 1 saturated heterocycles. The summed E-state index contributed by atoms with van der Waals surface area (Å²) in [4.78, 5) is 2.43. The molecule has 1 aromatic carbocycles. The highest BCUT2D eigenvalue weighted by atomic mass is 19.1. The minimum atomic E-state index is -0.305. The van der Waals surface area contributed by atoms with Gasteiger partial charge in [0.2, 0.25) is 0 Å². The van der Waals surface area contributed by atoms with Crippen LogP contribution in [0.25, 0.3) is 11.0 Å². The maximum Gasteiger partial charge on any atom is 0.197 e. The topological polar surface area (TPSA) is 74.7 Å². The molecule has 2 aliphatic rings. The lowest BCUT2D eigenvalue weighted by atomic mass is 9.91. The highest BCUT2D eigenvalue weighted by Crippen LogP contribution is 2.39. The Kier molecular flexibility index (Phi) is 5.15. The summed E-state index contributed by atoms with van der Waals surface area (Å²) < 4.78 is 20.4. The second-order valence-corrected chi connectivity index (χ2v) is 8.64. The molecule has 0 radical (unpaired) electrons. The predicted molar refractivity (Wildman–Crippen MR) is 111 cm³/mol. The molecule has 3 aromatic rings. The molecule has 6 nitrogen and oxygen atoms in total. The van der Waals surface area contributed by atoms with Crippen LogP contribution < -0.4 is 0 Å². The largest absolute Gasteiger partial charge is 0.494 e. The Labute approximate surface area is 174 Å². The van der Waals surface area contributed by atoms with E-state index in [1.807, 2.05) is 0 Å². The van der Waals surface area contributed by atoms with E-state index in [2.05, 4.69) is 10.1 Å². The molecule has 0 amide bonds. The van der Waals surface area contributed by atoms with Gasteiger partial charge in [0.25, 0.3) is 0 Å². The van der Waals surface area contributed by atoms with Gasteiger partial charge in [-0.3, -0.25) is 4.57 Å². The van der Waals surface area contributed by atoms with Gasteiger partial charge in [-0.2, -0.15) is 0 Å². The second kappa shape index (κ2) is 7.95. The fraction of sp³-hybridized carbons (Fsp3) is 0.522. The van der Waals surface area contributed by atoms with Gasteiger partial charge in [0.15, 0.2) is 17.3 Å². The second-order valence-electron chi connectivity index (χ2n) is 8.64. The quantitative estimate of drug-likeness (QED) is 0.651. The first-order valence-corrected chi connectivity index (χ1v) is 11.0. The third kappa shape index (κ3) is 3.45. The minimum absolute atomic E-state index is 0.259. The van der Waals surface area contributed by atoms with Crippen LogP contribution in [0.5, 0.6) is 11.8 Å². The smallest absolute Gasteiger partial charge is 0.197 e. The summed E-state index contributed by atoms with van der Waals surface area (Å²) in [6.45, 7) is 3.50. The standard InChI is InChI=1S/C23H28FN3O3/c24-16-6-7-19-20(14-16)30-25-21(19)15-8-12-26(13-9-15)10-3-11-27-22(28)17-4-1-2-5-18(17)23(27)29/h6-7,14-15,28-29H,1-5,8-13H2. The van der Waals surface area contributed by atoms with Crippen molar-refractivity contribution in [3.63, 3.8) is 0 Å². The number of fused-ring (bicyclic) bond motifs is 2. The zero-order chi connectivity index (χ0) is 20.7. The van der Waals surface area contributed by atoms with Gasteiger partial charge in [-0.25, -0.2) is 4.39 Å². The van der Waals surface area contributed by atoms with Crippen molar-refractivity contribution in [1.82, 2.24) is 14.6 Å². The van der Waals surface area contributed by atoms with Crippen molar-refractivity contribution in [3.8, 4) is 11.8 Å². The third-order valence-electron chi connectivity index (χ3n) is 6.81. The average molecular weight is 413 g/mol. The lowest BCUT2D eigenvalue weighted by molar-refractivity contribution is 0.202. The van der Waals surface area contributed by atoms with Gasteiger partial charge in [-0.1, -0.05) is 5.16 Å². The van der Waals surface area contributed by atoms with E-state index in [9.17, 15) is 14.6 Å². The number of hydrogen-bond acceptors (Lipinski definition) is 5. The van der Waals surface area contributed by atoms with E-state index < -0.39 is 0 Å². The van der Waals surface area contributed by atoms with Crippen LogP contribution in [0.3, 0.4) is 0 Å². The van der Waals surface area contributed by atoms with E-state index in [0.29, 0.717) is 18.0 Å². The lowest BCUT2D eigenvalue weighted by Gasteiger charge is -2.31. The minimum Gasteiger partial charge on any atom is -0.494 e. The van der Waals surface area contributed by atoms with Gasteiger partial charge >= 0.3 is 0 Å². The van der Waals surface area contributed by atoms with E-state index >= 15 is 0 Å². The van der Waals surface area contributed by atoms with Crippen LogP contribution in [0.4, 0.5) is 4.39 Å². The van der Waals surface area contributed by atoms with E-state index in [1.165, 1.54) is 12.1 Å². The molecule has 0 atom stereocenters. The fourth-order valence-electron chi connectivity index (χ4n) is 5.14. The van der Waals surface area contributed by atoms with Gasteiger partial charge < -0.3 is 19.6 Å². The number of benzene rings is 1. The highest BCUT2D eigenvalue weighted by Gasteiger charge is 2.26. The van der Waals surface area contributed by atoms with Crippen LogP contribution in [0.15, 0.2) is 22.7 Å². The van der Waals surface area contributed by atoms with Gasteiger partial charge in [0, 0.05) is 35.0 Å². The Morgan fingerprint density at radius 3 is 2.43 bits per heavy atom. The van der Waals surface area contributed by atoms with Gasteiger partial charge in [0.05, 0.1) is 5.69 Å². The molecule has 0 saturated carbocycles. The van der Waals surface area contributed by atoms with Crippen molar-refractivity contribution < 1.29 is 19.1 Å². The molecule has 3 heterocycles. The van der Waals surface area contributed by atoms with E-state index in [-0.39, 0.29) is 17.6 Å². The number of halogens is 1. The summed E-state index contributed by atoms with van der Waals surface area (Å²) in [6.07, 6.45) is 6.74. The van der Waals surface area contributed by atoms with Crippen LogP contribution in [0.2, 0.25) is 0 Å². The maximum atomic E-state index is 13.4. The lowest BCUT2D eigenvalue weighted by Crippen LogP contribution is -2.34. The summed E-state index contributed by atoms with van der Waals surface area (Å²) in [5.41, 5.74) is 3.34. The Hall–Kier alpha value is -2.54. The summed E-state index contributed by atoms with van der Waals surface area (Å²) >= 11 is 0. The summed E-state index contributed by atoms with van der Waals surface area (Å²) in [5, 5.41) is 26.1.